The van der Waals surface area contributed by atoms with Crippen LogP contribution in [-0.2, 0) is 0 Å². The summed E-state index contributed by atoms with van der Waals surface area (Å²) in [5.41, 5.74) is 0. The summed E-state index contributed by atoms with van der Waals surface area (Å²) in [5.74, 6) is 0. The molecule has 0 rings (SSSR count). The van der Waals surface area contributed by atoms with Gasteiger partial charge in [-0.3, -0.25) is 0 Å². The highest BCUT2D eigenvalue weighted by molar-refractivity contribution is 5.75. The van der Waals surface area contributed by atoms with Crippen molar-refractivity contribution in [3.8, 4) is 0 Å². The highest BCUT2D eigenvalue weighted by Crippen LogP contribution is 2.04. The van der Waals surface area contributed by atoms with Gasteiger partial charge in [0.1, 0.15) is 0 Å². The molecular formula is C11H30O2Si. The van der Waals surface area contributed by atoms with Crippen LogP contribution in [0.15, 0.2) is 0 Å². The van der Waals surface area contributed by atoms with Crippen LogP contribution in [0.4, 0.5) is 0 Å². The molecular weight excluding hydrogens is 192 g/mol. The molecule has 1 unspecified atom stereocenters. The van der Waals surface area contributed by atoms with E-state index in [2.05, 4.69) is 6.92 Å². The molecule has 2 N–H and O–H groups in total. The Hall–Kier alpha value is 0.137. The van der Waals surface area contributed by atoms with Crippen LogP contribution in [0.25, 0.3) is 0 Å². The van der Waals surface area contributed by atoms with Crippen molar-refractivity contribution >= 4 is 11.0 Å². The van der Waals surface area contributed by atoms with E-state index in [1.165, 1.54) is 19.3 Å². The maximum absolute atomic E-state index is 9.08. The molecule has 0 aliphatic carbocycles. The largest absolute Gasteiger partial charge is 0.394 e. The van der Waals surface area contributed by atoms with Gasteiger partial charge in [0.2, 0.25) is 0 Å². The highest BCUT2D eigenvalue weighted by atomic mass is 28.1. The quantitative estimate of drug-likeness (QED) is 0.543. The van der Waals surface area contributed by atoms with E-state index in [0.29, 0.717) is 0 Å². The molecule has 0 saturated carbocycles. The first-order valence-corrected chi connectivity index (χ1v) is 5.40. The van der Waals surface area contributed by atoms with Crippen molar-refractivity contribution in [2.45, 2.75) is 72.0 Å². The zero-order chi connectivity index (χ0) is 10.7. The molecule has 2 nitrogen and oxygen atoms in total. The predicted molar refractivity (Wildman–Crippen MR) is 69.1 cm³/mol. The van der Waals surface area contributed by atoms with Crippen LogP contribution in [0.2, 0.25) is 0 Å². The Balaban J connectivity index is -0.000000209. The number of rotatable bonds is 5. The average molecular weight is 222 g/mol. The molecule has 1 atom stereocenters. The van der Waals surface area contributed by atoms with E-state index in [4.69, 9.17) is 10.2 Å². The fraction of sp³-hybridized carbons (Fsp3) is 1.00. The van der Waals surface area contributed by atoms with Crippen LogP contribution in [0.1, 0.15) is 59.8 Å². The summed E-state index contributed by atoms with van der Waals surface area (Å²) in [5, 5.41) is 17.1. The Kier molecular flexibility index (Phi) is 21.9. The third-order valence-electron chi connectivity index (χ3n) is 1.61. The van der Waals surface area contributed by atoms with Gasteiger partial charge in [0.05, 0.1) is 6.10 Å². The van der Waals surface area contributed by atoms with Crippen molar-refractivity contribution in [2.75, 3.05) is 0 Å². The Morgan fingerprint density at radius 3 is 1.71 bits per heavy atom. The van der Waals surface area contributed by atoms with Crippen molar-refractivity contribution < 1.29 is 10.2 Å². The van der Waals surface area contributed by atoms with Crippen LogP contribution in [0.3, 0.4) is 0 Å². The molecule has 0 aromatic carbocycles. The molecule has 0 aliphatic rings. The van der Waals surface area contributed by atoms with Gasteiger partial charge >= 0.3 is 0 Å². The number of unbranched alkanes of at least 4 members (excludes halogenated alkanes) is 2. The average Bonchev–Trinajstić information content (AvgIpc) is 2.03. The first-order valence-electron chi connectivity index (χ1n) is 5.40. The third kappa shape index (κ3) is 29.6. The smallest absolute Gasteiger partial charge is 0.0537 e. The van der Waals surface area contributed by atoms with Gasteiger partial charge in [0, 0.05) is 6.10 Å². The second kappa shape index (κ2) is 15.6. The lowest BCUT2D eigenvalue weighted by Crippen LogP contribution is -2.02. The summed E-state index contributed by atoms with van der Waals surface area (Å²) < 4.78 is 0. The summed E-state index contributed by atoms with van der Waals surface area (Å²) in [6.45, 7) is 7.65. The van der Waals surface area contributed by atoms with Crippen molar-refractivity contribution in [3.05, 3.63) is 0 Å². The molecule has 90 valence electrons. The van der Waals surface area contributed by atoms with Gasteiger partial charge in [0.15, 0.2) is 0 Å². The Labute approximate surface area is 93.8 Å². The number of hydrogen-bond acceptors (Lipinski definition) is 2. The predicted octanol–water partition coefficient (Wildman–Crippen LogP) is 1.27. The fourth-order valence-corrected chi connectivity index (χ4v) is 0.834. The highest BCUT2D eigenvalue weighted by Gasteiger charge is 1.97. The van der Waals surface area contributed by atoms with E-state index >= 15 is 0 Å². The third-order valence-corrected chi connectivity index (χ3v) is 1.61. The topological polar surface area (TPSA) is 40.5 Å². The van der Waals surface area contributed by atoms with Gasteiger partial charge in [-0.25, -0.2) is 0 Å². The SMILES string of the molecule is CC(C)O.CCCCCC(O)CC.[SiH4]. The molecule has 0 aromatic rings. The van der Waals surface area contributed by atoms with Crippen LogP contribution in [0.5, 0.6) is 0 Å². The van der Waals surface area contributed by atoms with Gasteiger partial charge in [0.25, 0.3) is 0 Å². The molecule has 14 heavy (non-hydrogen) atoms. The number of hydrogen-bond donors (Lipinski definition) is 2. The Bertz CT molecular complexity index is 84.6. The fourth-order valence-electron chi connectivity index (χ4n) is 0.834. The summed E-state index contributed by atoms with van der Waals surface area (Å²) >= 11 is 0. The van der Waals surface area contributed by atoms with E-state index < -0.39 is 0 Å². The lowest BCUT2D eigenvalue weighted by molar-refractivity contribution is 0.156. The van der Waals surface area contributed by atoms with Crippen LogP contribution in [0, 0.1) is 0 Å². The van der Waals surface area contributed by atoms with Crippen LogP contribution >= 0.6 is 0 Å². The van der Waals surface area contributed by atoms with Gasteiger partial charge in [-0.2, -0.15) is 0 Å². The molecule has 0 bridgehead atoms. The molecule has 0 aliphatic heterocycles. The Morgan fingerprint density at radius 2 is 1.43 bits per heavy atom. The second-order valence-corrected chi connectivity index (χ2v) is 3.65. The van der Waals surface area contributed by atoms with Crippen molar-refractivity contribution in [1.82, 2.24) is 0 Å². The maximum Gasteiger partial charge on any atom is 0.0537 e. The van der Waals surface area contributed by atoms with Gasteiger partial charge in [-0.05, 0) is 37.7 Å². The minimum atomic E-state index is -0.167. The lowest BCUT2D eigenvalue weighted by atomic mass is 10.1. The molecule has 0 radical (unpaired) electrons. The first-order chi connectivity index (χ1) is 6.04. The monoisotopic (exact) mass is 222 g/mol. The molecule has 3 heteroatoms. The van der Waals surface area contributed by atoms with Crippen molar-refractivity contribution in [2.24, 2.45) is 0 Å². The zero-order valence-corrected chi connectivity index (χ0v) is 9.58. The van der Waals surface area contributed by atoms with E-state index in [-0.39, 0.29) is 23.2 Å². The summed E-state index contributed by atoms with van der Waals surface area (Å²) in [6.07, 6.45) is 5.38. The van der Waals surface area contributed by atoms with E-state index in [1.807, 2.05) is 6.92 Å². The lowest BCUT2D eigenvalue weighted by Gasteiger charge is -2.04. The maximum atomic E-state index is 9.08. The van der Waals surface area contributed by atoms with Crippen molar-refractivity contribution in [1.29, 1.82) is 0 Å². The first kappa shape index (κ1) is 19.7. The summed E-state index contributed by atoms with van der Waals surface area (Å²) in [7, 11) is 0. The molecule has 0 heterocycles. The molecule has 0 amide bonds. The number of aliphatic hydroxyl groups is 2. The molecule has 0 fully saturated rings. The summed E-state index contributed by atoms with van der Waals surface area (Å²) in [6, 6.07) is 0. The minimum Gasteiger partial charge on any atom is -0.394 e. The zero-order valence-electron chi connectivity index (χ0n) is 9.58. The molecule has 0 spiro atoms. The van der Waals surface area contributed by atoms with Gasteiger partial charge < -0.3 is 10.2 Å². The van der Waals surface area contributed by atoms with E-state index in [9.17, 15) is 0 Å². The van der Waals surface area contributed by atoms with Gasteiger partial charge in [-0.1, -0.05) is 33.1 Å². The van der Waals surface area contributed by atoms with E-state index in [1.54, 1.807) is 13.8 Å². The second-order valence-electron chi connectivity index (χ2n) is 3.65. The Morgan fingerprint density at radius 1 is 1.00 bits per heavy atom. The summed E-state index contributed by atoms with van der Waals surface area (Å²) in [4.78, 5) is 0. The van der Waals surface area contributed by atoms with Crippen LogP contribution in [-0.4, -0.2) is 33.4 Å². The molecule has 0 aromatic heterocycles. The van der Waals surface area contributed by atoms with Gasteiger partial charge in [-0.15, -0.1) is 0 Å². The van der Waals surface area contributed by atoms with Crippen molar-refractivity contribution in [3.63, 3.8) is 0 Å². The van der Waals surface area contributed by atoms with Crippen LogP contribution < -0.4 is 0 Å². The normalized spacial score (nSPS) is 11.4. The molecule has 0 saturated heterocycles. The minimum absolute atomic E-state index is 0. The standard InChI is InChI=1S/C8H18O.C3H8O.H4Si/c1-3-5-6-7-8(9)4-2;1-3(2)4;/h8-9H,3-7H2,1-2H3;3-4H,1-2H3;1H4. The number of aliphatic hydroxyl groups excluding tert-OH is 2. The van der Waals surface area contributed by atoms with E-state index in [0.717, 1.165) is 12.8 Å².